The zero-order valence-electron chi connectivity index (χ0n) is 18.2. The number of carboxylic acid groups (broad SMARTS) is 1. The highest BCUT2D eigenvalue weighted by molar-refractivity contribution is 7.14. The van der Waals surface area contributed by atoms with Gasteiger partial charge >= 0.3 is 12.5 Å². The van der Waals surface area contributed by atoms with Gasteiger partial charge in [0.2, 0.25) is 5.91 Å². The minimum atomic E-state index is -4.81. The molecule has 1 atom stereocenters. The zero-order valence-corrected chi connectivity index (χ0v) is 19.0. The summed E-state index contributed by atoms with van der Waals surface area (Å²) < 4.78 is 41.5. The zero-order chi connectivity index (χ0) is 24.9. The summed E-state index contributed by atoms with van der Waals surface area (Å²) in [6.45, 7) is 1.61. The Kier molecular flexibility index (Phi) is 7.72. The number of amides is 2. The van der Waals surface area contributed by atoms with Crippen LogP contribution in [0.25, 0.3) is 10.6 Å². The van der Waals surface area contributed by atoms with Crippen LogP contribution < -0.4 is 10.1 Å². The molecule has 3 aromatic rings. The van der Waals surface area contributed by atoms with E-state index in [-0.39, 0.29) is 18.2 Å². The van der Waals surface area contributed by atoms with E-state index in [2.05, 4.69) is 20.3 Å². The first-order valence-electron chi connectivity index (χ1n) is 9.98. The SMILES string of the molecule is CC(=O)N[C@@H](Cc1ccc(CN(C)C(=O)O)cc1)c1nnc(-c2cccc(OC(F)(F)F)c2)s1. The predicted octanol–water partition coefficient (Wildman–Crippen LogP) is 4.63. The van der Waals surface area contributed by atoms with Gasteiger partial charge in [0.15, 0.2) is 0 Å². The summed E-state index contributed by atoms with van der Waals surface area (Å²) in [5, 5.41) is 20.9. The van der Waals surface area contributed by atoms with Crippen LogP contribution in [0, 0.1) is 0 Å². The van der Waals surface area contributed by atoms with E-state index < -0.39 is 18.5 Å². The van der Waals surface area contributed by atoms with E-state index in [0.29, 0.717) is 22.0 Å². The first kappa shape index (κ1) is 25.0. The van der Waals surface area contributed by atoms with E-state index in [1.807, 2.05) is 12.1 Å². The molecular weight excluding hydrogens is 473 g/mol. The van der Waals surface area contributed by atoms with Crippen molar-refractivity contribution in [3.8, 4) is 16.3 Å². The second-order valence-corrected chi connectivity index (χ2v) is 8.44. The topological polar surface area (TPSA) is 105 Å². The average molecular weight is 494 g/mol. The Morgan fingerprint density at radius 2 is 1.82 bits per heavy atom. The van der Waals surface area contributed by atoms with Crippen molar-refractivity contribution in [1.29, 1.82) is 0 Å². The second kappa shape index (κ2) is 10.5. The molecule has 0 aliphatic rings. The Balaban J connectivity index is 1.77. The summed E-state index contributed by atoms with van der Waals surface area (Å²) in [4.78, 5) is 23.9. The van der Waals surface area contributed by atoms with Gasteiger partial charge in [-0.1, -0.05) is 47.7 Å². The fraction of sp³-hybridized carbons (Fsp3) is 0.273. The third-order valence-electron chi connectivity index (χ3n) is 4.64. The number of carbonyl (C=O) groups excluding carboxylic acids is 1. The van der Waals surface area contributed by atoms with Crippen molar-refractivity contribution in [2.24, 2.45) is 0 Å². The van der Waals surface area contributed by atoms with Gasteiger partial charge in [-0.2, -0.15) is 0 Å². The van der Waals surface area contributed by atoms with Gasteiger partial charge in [0.25, 0.3) is 0 Å². The molecule has 0 saturated heterocycles. The van der Waals surface area contributed by atoms with Gasteiger partial charge in [-0.05, 0) is 29.7 Å². The van der Waals surface area contributed by atoms with Crippen LogP contribution in [-0.2, 0) is 17.8 Å². The Labute approximate surface area is 197 Å². The molecule has 0 aliphatic heterocycles. The van der Waals surface area contributed by atoms with E-state index in [9.17, 15) is 22.8 Å². The molecule has 2 amide bonds. The lowest BCUT2D eigenvalue weighted by Gasteiger charge is -2.16. The fourth-order valence-corrected chi connectivity index (χ4v) is 4.01. The highest BCUT2D eigenvalue weighted by Crippen LogP contribution is 2.32. The molecule has 0 unspecified atom stereocenters. The van der Waals surface area contributed by atoms with E-state index in [1.54, 1.807) is 18.2 Å². The number of nitrogens with one attached hydrogen (secondary N) is 1. The number of alkyl halides is 3. The molecule has 0 spiro atoms. The summed E-state index contributed by atoms with van der Waals surface area (Å²) in [5.41, 5.74) is 2.08. The van der Waals surface area contributed by atoms with Gasteiger partial charge in [0.05, 0.1) is 6.04 Å². The van der Waals surface area contributed by atoms with E-state index >= 15 is 0 Å². The summed E-state index contributed by atoms with van der Waals surface area (Å²) in [7, 11) is 1.47. The third-order valence-corrected chi connectivity index (χ3v) is 5.73. The Bertz CT molecular complexity index is 1150. The third kappa shape index (κ3) is 7.17. The first-order chi connectivity index (χ1) is 16.0. The lowest BCUT2D eigenvalue weighted by molar-refractivity contribution is -0.274. The highest BCUT2D eigenvalue weighted by atomic mass is 32.1. The van der Waals surface area contributed by atoms with Crippen molar-refractivity contribution in [3.05, 3.63) is 64.7 Å². The molecule has 3 rings (SSSR count). The molecule has 1 heterocycles. The van der Waals surface area contributed by atoms with E-state index in [4.69, 9.17) is 5.11 Å². The Morgan fingerprint density at radius 1 is 1.15 bits per heavy atom. The monoisotopic (exact) mass is 494 g/mol. The molecule has 180 valence electrons. The van der Waals surface area contributed by atoms with Crippen molar-refractivity contribution in [1.82, 2.24) is 20.4 Å². The summed E-state index contributed by atoms with van der Waals surface area (Å²) >= 11 is 1.15. The number of nitrogens with zero attached hydrogens (tertiary/aromatic N) is 3. The number of benzene rings is 2. The van der Waals surface area contributed by atoms with Gasteiger partial charge < -0.3 is 20.1 Å². The van der Waals surface area contributed by atoms with Crippen LogP contribution in [0.1, 0.15) is 29.1 Å². The van der Waals surface area contributed by atoms with Crippen LogP contribution in [0.2, 0.25) is 0 Å². The molecule has 0 radical (unpaired) electrons. The van der Waals surface area contributed by atoms with Crippen LogP contribution in [0.4, 0.5) is 18.0 Å². The summed E-state index contributed by atoms with van der Waals surface area (Å²) in [6.07, 6.45) is -5.45. The van der Waals surface area contributed by atoms with Crippen molar-refractivity contribution >= 4 is 23.3 Å². The van der Waals surface area contributed by atoms with Crippen LogP contribution >= 0.6 is 11.3 Å². The largest absolute Gasteiger partial charge is 0.573 e. The number of carbonyl (C=O) groups is 2. The van der Waals surface area contributed by atoms with Gasteiger partial charge in [-0.15, -0.1) is 23.4 Å². The van der Waals surface area contributed by atoms with E-state index in [1.165, 1.54) is 32.2 Å². The molecule has 1 aromatic heterocycles. The number of aromatic nitrogens is 2. The molecule has 12 heteroatoms. The minimum absolute atomic E-state index is 0.238. The van der Waals surface area contributed by atoms with Gasteiger partial charge in [0.1, 0.15) is 15.8 Å². The number of ether oxygens (including phenoxy) is 1. The lowest BCUT2D eigenvalue weighted by Crippen LogP contribution is -2.27. The molecule has 8 nitrogen and oxygen atoms in total. The summed E-state index contributed by atoms with van der Waals surface area (Å²) in [6, 6.07) is 12.2. The number of rotatable bonds is 8. The average Bonchev–Trinajstić information content (AvgIpc) is 3.23. The Morgan fingerprint density at radius 3 is 2.44 bits per heavy atom. The molecule has 0 bridgehead atoms. The molecule has 0 aliphatic carbocycles. The van der Waals surface area contributed by atoms with Crippen molar-refractivity contribution in [2.75, 3.05) is 7.05 Å². The molecule has 2 aromatic carbocycles. The Hall–Kier alpha value is -3.67. The van der Waals surface area contributed by atoms with Crippen molar-refractivity contribution < 1.29 is 32.6 Å². The number of hydrogen-bond donors (Lipinski definition) is 2. The maximum Gasteiger partial charge on any atom is 0.573 e. The van der Waals surface area contributed by atoms with Crippen LogP contribution in [0.15, 0.2) is 48.5 Å². The molecular formula is C22H21F3N4O4S. The maximum atomic E-state index is 12.5. The molecule has 2 N–H and O–H groups in total. The normalized spacial score (nSPS) is 12.1. The van der Waals surface area contributed by atoms with Crippen LogP contribution in [0.3, 0.4) is 0 Å². The highest BCUT2D eigenvalue weighted by Gasteiger charge is 2.31. The quantitative estimate of drug-likeness (QED) is 0.473. The van der Waals surface area contributed by atoms with Crippen LogP contribution in [0.5, 0.6) is 5.75 Å². The second-order valence-electron chi connectivity index (χ2n) is 7.43. The van der Waals surface area contributed by atoms with Gasteiger partial charge in [-0.25, -0.2) is 4.79 Å². The number of halogens is 3. The van der Waals surface area contributed by atoms with Crippen molar-refractivity contribution in [2.45, 2.75) is 32.3 Å². The standard InChI is InChI=1S/C22H21F3N4O4S/c1-13(30)26-18(10-14-6-8-15(9-7-14)12-29(2)21(31)32)20-28-27-19(34-20)16-4-3-5-17(11-16)33-22(23,24)25/h3-9,11,18H,10,12H2,1-2H3,(H,26,30)(H,31,32)/t18-/m0/s1. The molecule has 0 saturated carbocycles. The van der Waals surface area contributed by atoms with Crippen molar-refractivity contribution in [3.63, 3.8) is 0 Å². The predicted molar refractivity (Wildman–Crippen MR) is 118 cm³/mol. The molecule has 34 heavy (non-hydrogen) atoms. The van der Waals surface area contributed by atoms with Gasteiger partial charge in [-0.3, -0.25) is 4.79 Å². The fourth-order valence-electron chi connectivity index (χ4n) is 3.12. The van der Waals surface area contributed by atoms with E-state index in [0.717, 1.165) is 27.4 Å². The smallest absolute Gasteiger partial charge is 0.465 e. The molecule has 0 fully saturated rings. The number of hydrogen-bond acceptors (Lipinski definition) is 6. The lowest BCUT2D eigenvalue weighted by atomic mass is 10.0. The van der Waals surface area contributed by atoms with Gasteiger partial charge in [0, 0.05) is 26.1 Å². The minimum Gasteiger partial charge on any atom is -0.465 e. The first-order valence-corrected chi connectivity index (χ1v) is 10.8. The summed E-state index contributed by atoms with van der Waals surface area (Å²) in [5.74, 6) is -0.643. The maximum absolute atomic E-state index is 12.5. The van der Waals surface area contributed by atoms with Crippen LogP contribution in [-0.4, -0.2) is 45.6 Å².